The van der Waals surface area contributed by atoms with Gasteiger partial charge >= 0.3 is 0 Å². The van der Waals surface area contributed by atoms with Crippen molar-refractivity contribution in [2.45, 2.75) is 19.7 Å². The van der Waals surface area contributed by atoms with Crippen LogP contribution in [0.4, 0.5) is 0 Å². The Bertz CT molecular complexity index is 483. The number of alkyl halides is 1. The smallest absolute Gasteiger partial charge is 0.249 e. The minimum Gasteiger partial charge on any atom is -0.419 e. The first-order valence-electron chi connectivity index (χ1n) is 4.40. The molecule has 0 N–H and O–H groups in total. The van der Waals surface area contributed by atoms with Gasteiger partial charge in [-0.05, 0) is 19.9 Å². The van der Waals surface area contributed by atoms with Crippen LogP contribution in [0.25, 0.3) is 11.5 Å². The van der Waals surface area contributed by atoms with Crippen LogP contribution in [0.3, 0.4) is 0 Å². The Hall–Kier alpha value is -1.49. The van der Waals surface area contributed by atoms with Crippen molar-refractivity contribution in [1.82, 2.24) is 20.4 Å². The summed E-state index contributed by atoms with van der Waals surface area (Å²) < 4.78 is 5.33. The van der Waals surface area contributed by atoms with Gasteiger partial charge in [0.1, 0.15) is 5.88 Å². The first kappa shape index (κ1) is 10.0. The fraction of sp³-hybridized carbons (Fsp3) is 0.333. The average molecular weight is 225 g/mol. The van der Waals surface area contributed by atoms with Crippen LogP contribution in [0.2, 0.25) is 0 Å². The molecule has 0 radical (unpaired) electrons. The summed E-state index contributed by atoms with van der Waals surface area (Å²) >= 11 is 5.57. The molecule has 0 aliphatic carbocycles. The van der Waals surface area contributed by atoms with E-state index in [1.807, 2.05) is 19.9 Å². The quantitative estimate of drug-likeness (QED) is 0.729. The summed E-state index contributed by atoms with van der Waals surface area (Å²) in [6.07, 6.45) is 0. The molecule has 2 aromatic rings. The Labute approximate surface area is 91.5 Å². The van der Waals surface area contributed by atoms with E-state index in [0.717, 1.165) is 17.0 Å². The van der Waals surface area contributed by atoms with Crippen molar-refractivity contribution in [3.63, 3.8) is 0 Å². The van der Waals surface area contributed by atoms with Gasteiger partial charge in [-0.3, -0.25) is 0 Å². The number of nitrogens with zero attached hydrogens (tertiary/aromatic N) is 4. The van der Waals surface area contributed by atoms with E-state index in [1.165, 1.54) is 0 Å². The lowest BCUT2D eigenvalue weighted by Crippen LogP contribution is -1.93. The summed E-state index contributed by atoms with van der Waals surface area (Å²) in [6, 6.07) is 1.86. The van der Waals surface area contributed by atoms with Gasteiger partial charge in [0.2, 0.25) is 11.8 Å². The Morgan fingerprint density at radius 2 is 2.00 bits per heavy atom. The summed E-state index contributed by atoms with van der Waals surface area (Å²) in [5.41, 5.74) is 2.36. The molecule has 78 valence electrons. The van der Waals surface area contributed by atoms with Crippen molar-refractivity contribution in [3.05, 3.63) is 23.3 Å². The lowest BCUT2D eigenvalue weighted by molar-refractivity contribution is 0.526. The molecular formula is C9H9ClN4O. The Morgan fingerprint density at radius 3 is 2.67 bits per heavy atom. The van der Waals surface area contributed by atoms with Crippen LogP contribution in [0.5, 0.6) is 0 Å². The number of aromatic nitrogens is 4. The highest BCUT2D eigenvalue weighted by Crippen LogP contribution is 2.20. The molecule has 0 aliphatic heterocycles. The number of aryl methyl sites for hydroxylation is 2. The second-order valence-corrected chi connectivity index (χ2v) is 3.39. The highest BCUT2D eigenvalue weighted by atomic mass is 35.5. The van der Waals surface area contributed by atoms with Crippen molar-refractivity contribution < 1.29 is 4.42 Å². The van der Waals surface area contributed by atoms with Crippen LogP contribution < -0.4 is 0 Å². The topological polar surface area (TPSA) is 64.7 Å². The van der Waals surface area contributed by atoms with Crippen LogP contribution in [-0.2, 0) is 5.88 Å². The Kier molecular flexibility index (Phi) is 2.64. The molecule has 0 atom stereocenters. The summed E-state index contributed by atoms with van der Waals surface area (Å²) in [7, 11) is 0. The molecule has 0 spiro atoms. The van der Waals surface area contributed by atoms with Crippen molar-refractivity contribution >= 4 is 11.6 Å². The van der Waals surface area contributed by atoms with Gasteiger partial charge in [-0.1, -0.05) is 0 Å². The van der Waals surface area contributed by atoms with E-state index in [2.05, 4.69) is 20.4 Å². The number of rotatable bonds is 2. The minimum absolute atomic E-state index is 0.212. The second-order valence-electron chi connectivity index (χ2n) is 3.12. The first-order valence-corrected chi connectivity index (χ1v) is 4.94. The molecule has 0 fully saturated rings. The largest absolute Gasteiger partial charge is 0.419 e. The molecule has 0 aromatic carbocycles. The molecular weight excluding hydrogens is 216 g/mol. The minimum atomic E-state index is 0.212. The maximum atomic E-state index is 5.57. The van der Waals surface area contributed by atoms with Gasteiger partial charge in [0.25, 0.3) is 0 Å². The summed E-state index contributed by atoms with van der Waals surface area (Å²) in [5.74, 6) is 1.05. The van der Waals surface area contributed by atoms with Gasteiger partial charge in [-0.15, -0.1) is 21.8 Å². The Balaban J connectivity index is 2.48. The standard InChI is InChI=1S/C9H9ClN4O/c1-5-3-7(6(2)12-11-5)9-14-13-8(4-10)15-9/h3H,4H2,1-2H3. The summed E-state index contributed by atoms with van der Waals surface area (Å²) in [4.78, 5) is 0. The van der Waals surface area contributed by atoms with Crippen LogP contribution in [0.15, 0.2) is 10.5 Å². The average Bonchev–Trinajstić information content (AvgIpc) is 2.70. The van der Waals surface area contributed by atoms with E-state index in [1.54, 1.807) is 0 Å². The molecule has 0 saturated carbocycles. The molecule has 0 saturated heterocycles. The monoisotopic (exact) mass is 224 g/mol. The third-order valence-corrected chi connectivity index (χ3v) is 2.14. The predicted molar refractivity (Wildman–Crippen MR) is 54.4 cm³/mol. The molecule has 2 aromatic heterocycles. The zero-order valence-corrected chi connectivity index (χ0v) is 9.12. The van der Waals surface area contributed by atoms with Crippen molar-refractivity contribution in [1.29, 1.82) is 0 Å². The highest BCUT2D eigenvalue weighted by molar-refractivity contribution is 6.16. The Morgan fingerprint density at radius 1 is 1.20 bits per heavy atom. The van der Waals surface area contributed by atoms with E-state index in [0.29, 0.717) is 11.8 Å². The number of halogens is 1. The zero-order chi connectivity index (χ0) is 10.8. The van der Waals surface area contributed by atoms with E-state index in [-0.39, 0.29) is 5.88 Å². The summed E-state index contributed by atoms with van der Waals surface area (Å²) in [6.45, 7) is 3.70. The maximum absolute atomic E-state index is 5.57. The van der Waals surface area contributed by atoms with E-state index < -0.39 is 0 Å². The maximum Gasteiger partial charge on any atom is 0.249 e. The molecule has 2 rings (SSSR count). The van der Waals surface area contributed by atoms with Gasteiger partial charge in [0, 0.05) is 0 Å². The van der Waals surface area contributed by atoms with Gasteiger partial charge in [0.05, 0.1) is 17.0 Å². The lowest BCUT2D eigenvalue weighted by atomic mass is 10.2. The lowest BCUT2D eigenvalue weighted by Gasteiger charge is -1.99. The van der Waals surface area contributed by atoms with Gasteiger partial charge in [0.15, 0.2) is 0 Å². The first-order chi connectivity index (χ1) is 7.20. The molecule has 0 aliphatic rings. The molecule has 2 heterocycles. The van der Waals surface area contributed by atoms with Crippen molar-refractivity contribution in [3.8, 4) is 11.5 Å². The summed E-state index contributed by atoms with van der Waals surface area (Å²) in [5, 5.41) is 15.6. The highest BCUT2D eigenvalue weighted by Gasteiger charge is 2.11. The van der Waals surface area contributed by atoms with Crippen LogP contribution >= 0.6 is 11.6 Å². The SMILES string of the molecule is Cc1cc(-c2nnc(CCl)o2)c(C)nn1. The number of hydrogen-bond donors (Lipinski definition) is 0. The van der Waals surface area contributed by atoms with E-state index >= 15 is 0 Å². The predicted octanol–water partition coefficient (Wildman–Crippen LogP) is 1.88. The van der Waals surface area contributed by atoms with Crippen molar-refractivity contribution in [2.75, 3.05) is 0 Å². The fourth-order valence-corrected chi connectivity index (χ4v) is 1.29. The van der Waals surface area contributed by atoms with E-state index in [4.69, 9.17) is 16.0 Å². The molecule has 0 bridgehead atoms. The number of hydrogen-bond acceptors (Lipinski definition) is 5. The molecule has 5 nitrogen and oxygen atoms in total. The van der Waals surface area contributed by atoms with Gasteiger partial charge in [-0.2, -0.15) is 10.2 Å². The molecule has 0 amide bonds. The van der Waals surface area contributed by atoms with Crippen LogP contribution in [0.1, 0.15) is 17.3 Å². The van der Waals surface area contributed by atoms with E-state index in [9.17, 15) is 0 Å². The van der Waals surface area contributed by atoms with Crippen LogP contribution in [0, 0.1) is 13.8 Å². The van der Waals surface area contributed by atoms with Gasteiger partial charge in [-0.25, -0.2) is 0 Å². The van der Waals surface area contributed by atoms with Crippen molar-refractivity contribution in [2.24, 2.45) is 0 Å². The normalized spacial score (nSPS) is 10.6. The van der Waals surface area contributed by atoms with Gasteiger partial charge < -0.3 is 4.42 Å². The molecule has 6 heteroatoms. The third kappa shape index (κ3) is 1.97. The fourth-order valence-electron chi connectivity index (χ4n) is 1.18. The zero-order valence-electron chi connectivity index (χ0n) is 8.36. The molecule has 15 heavy (non-hydrogen) atoms. The third-order valence-electron chi connectivity index (χ3n) is 1.91. The van der Waals surface area contributed by atoms with Crippen LogP contribution in [-0.4, -0.2) is 20.4 Å². The second kappa shape index (κ2) is 3.94. The molecule has 0 unspecified atom stereocenters.